The van der Waals surface area contributed by atoms with Crippen molar-refractivity contribution in [3.8, 4) is 5.75 Å². The zero-order valence-corrected chi connectivity index (χ0v) is 13.4. The topological polar surface area (TPSA) is 21.3 Å². The third kappa shape index (κ3) is 3.17. The van der Waals surface area contributed by atoms with Gasteiger partial charge in [0.25, 0.3) is 0 Å². The van der Waals surface area contributed by atoms with Crippen LogP contribution < -0.4 is 10.1 Å². The van der Waals surface area contributed by atoms with Gasteiger partial charge in [0.15, 0.2) is 0 Å². The molecule has 1 aromatic carbocycles. The van der Waals surface area contributed by atoms with Crippen LogP contribution in [0.4, 0.5) is 0 Å². The minimum absolute atomic E-state index is 0.413. The van der Waals surface area contributed by atoms with Crippen LogP contribution in [0.5, 0.6) is 5.75 Å². The van der Waals surface area contributed by atoms with Crippen LogP contribution >= 0.6 is 0 Å². The van der Waals surface area contributed by atoms with Gasteiger partial charge in [0.2, 0.25) is 0 Å². The maximum atomic E-state index is 5.63. The molecule has 1 aliphatic carbocycles. The number of rotatable bonds is 5. The molecule has 20 heavy (non-hydrogen) atoms. The van der Waals surface area contributed by atoms with Gasteiger partial charge in [0, 0.05) is 11.6 Å². The Hall–Kier alpha value is -1.02. The zero-order valence-electron chi connectivity index (χ0n) is 13.4. The van der Waals surface area contributed by atoms with Gasteiger partial charge in [-0.3, -0.25) is 0 Å². The molecule has 0 bridgehead atoms. The quantitative estimate of drug-likeness (QED) is 0.855. The molecule has 2 rings (SSSR count). The Morgan fingerprint density at radius 2 is 2.05 bits per heavy atom. The lowest BCUT2D eigenvalue weighted by Crippen LogP contribution is -2.32. The van der Waals surface area contributed by atoms with Crippen molar-refractivity contribution in [1.82, 2.24) is 5.32 Å². The fourth-order valence-electron chi connectivity index (χ4n) is 3.86. The predicted octanol–water partition coefficient (Wildman–Crippen LogP) is 4.48. The molecule has 1 aromatic rings. The van der Waals surface area contributed by atoms with Crippen molar-refractivity contribution in [2.45, 2.75) is 52.0 Å². The highest BCUT2D eigenvalue weighted by atomic mass is 16.5. The van der Waals surface area contributed by atoms with Crippen LogP contribution in [0.15, 0.2) is 18.2 Å². The fraction of sp³-hybridized carbons (Fsp3) is 0.667. The number of hydrogen-bond donors (Lipinski definition) is 1. The smallest absolute Gasteiger partial charge is 0.123 e. The summed E-state index contributed by atoms with van der Waals surface area (Å²) in [5.41, 5.74) is 2.59. The van der Waals surface area contributed by atoms with Crippen molar-refractivity contribution in [3.05, 3.63) is 29.3 Å². The molecule has 3 unspecified atom stereocenters. The van der Waals surface area contributed by atoms with Crippen LogP contribution in [0, 0.1) is 18.8 Å². The number of ether oxygens (including phenoxy) is 1. The Labute approximate surface area is 123 Å². The highest BCUT2D eigenvalue weighted by Crippen LogP contribution is 2.42. The lowest BCUT2D eigenvalue weighted by Gasteiger charge is -2.37. The van der Waals surface area contributed by atoms with Crippen molar-refractivity contribution < 1.29 is 4.74 Å². The minimum atomic E-state index is 0.413. The molecule has 0 heterocycles. The summed E-state index contributed by atoms with van der Waals surface area (Å²) >= 11 is 0. The Bertz CT molecular complexity index is 429. The summed E-state index contributed by atoms with van der Waals surface area (Å²) in [5.74, 6) is 2.60. The fourth-order valence-corrected chi connectivity index (χ4v) is 3.86. The number of benzene rings is 1. The molecule has 0 aliphatic heterocycles. The second-order valence-electron chi connectivity index (χ2n) is 6.13. The molecular formula is C18H29NO. The van der Waals surface area contributed by atoms with E-state index in [1.54, 1.807) is 7.11 Å². The van der Waals surface area contributed by atoms with Gasteiger partial charge in [-0.15, -0.1) is 0 Å². The van der Waals surface area contributed by atoms with E-state index in [1.165, 1.54) is 43.2 Å². The van der Waals surface area contributed by atoms with Crippen molar-refractivity contribution >= 4 is 0 Å². The third-order valence-electron chi connectivity index (χ3n) is 4.96. The first-order valence-corrected chi connectivity index (χ1v) is 8.03. The molecule has 1 aliphatic rings. The van der Waals surface area contributed by atoms with E-state index in [0.29, 0.717) is 6.04 Å². The van der Waals surface area contributed by atoms with Gasteiger partial charge < -0.3 is 10.1 Å². The van der Waals surface area contributed by atoms with E-state index >= 15 is 0 Å². The molecule has 2 nitrogen and oxygen atoms in total. The van der Waals surface area contributed by atoms with E-state index < -0.39 is 0 Å². The highest BCUT2D eigenvalue weighted by Gasteiger charge is 2.32. The predicted molar refractivity (Wildman–Crippen MR) is 85.3 cm³/mol. The molecule has 1 saturated carbocycles. The Balaban J connectivity index is 2.31. The standard InChI is InChI=1S/C18H29NO/c1-5-14-8-6-7-9-15(14)18(19-3)16-11-10-13(2)12-17(16)20-4/h10-12,14-15,18-19H,5-9H2,1-4H3. The number of hydrogen-bond acceptors (Lipinski definition) is 2. The van der Waals surface area contributed by atoms with Crippen LogP contribution in [0.1, 0.15) is 56.2 Å². The number of methoxy groups -OCH3 is 1. The molecule has 112 valence electrons. The molecule has 1 fully saturated rings. The summed E-state index contributed by atoms with van der Waals surface area (Å²) in [4.78, 5) is 0. The van der Waals surface area contributed by atoms with Gasteiger partial charge >= 0.3 is 0 Å². The summed E-state index contributed by atoms with van der Waals surface area (Å²) < 4.78 is 5.63. The van der Waals surface area contributed by atoms with E-state index in [0.717, 1.165) is 17.6 Å². The van der Waals surface area contributed by atoms with Crippen molar-refractivity contribution in [1.29, 1.82) is 0 Å². The highest BCUT2D eigenvalue weighted by molar-refractivity contribution is 5.39. The van der Waals surface area contributed by atoms with Gasteiger partial charge in [0.1, 0.15) is 5.75 Å². The monoisotopic (exact) mass is 275 g/mol. The van der Waals surface area contributed by atoms with E-state index in [2.05, 4.69) is 44.4 Å². The van der Waals surface area contributed by atoms with Gasteiger partial charge in [-0.1, -0.05) is 44.7 Å². The lowest BCUT2D eigenvalue weighted by molar-refractivity contribution is 0.178. The van der Waals surface area contributed by atoms with Gasteiger partial charge in [0.05, 0.1) is 7.11 Å². The largest absolute Gasteiger partial charge is 0.496 e. The molecule has 1 N–H and O–H groups in total. The Morgan fingerprint density at radius 1 is 1.30 bits per heavy atom. The number of nitrogens with one attached hydrogen (secondary N) is 1. The van der Waals surface area contributed by atoms with Crippen molar-refractivity contribution in [2.24, 2.45) is 11.8 Å². The van der Waals surface area contributed by atoms with Crippen LogP contribution in [-0.4, -0.2) is 14.2 Å². The van der Waals surface area contributed by atoms with Gasteiger partial charge in [-0.05, 0) is 43.9 Å². The molecule has 0 aromatic heterocycles. The van der Waals surface area contributed by atoms with Crippen molar-refractivity contribution in [2.75, 3.05) is 14.2 Å². The molecule has 0 spiro atoms. The van der Waals surface area contributed by atoms with Crippen molar-refractivity contribution in [3.63, 3.8) is 0 Å². The van der Waals surface area contributed by atoms with Crippen LogP contribution in [-0.2, 0) is 0 Å². The minimum Gasteiger partial charge on any atom is -0.496 e. The van der Waals surface area contributed by atoms with E-state index in [-0.39, 0.29) is 0 Å². The maximum Gasteiger partial charge on any atom is 0.123 e. The first-order valence-electron chi connectivity index (χ1n) is 8.03. The molecule has 0 saturated heterocycles. The summed E-state index contributed by atoms with van der Waals surface area (Å²) in [6, 6.07) is 7.02. The van der Waals surface area contributed by atoms with Crippen LogP contribution in [0.25, 0.3) is 0 Å². The van der Waals surface area contributed by atoms with E-state index in [1.807, 2.05) is 0 Å². The third-order valence-corrected chi connectivity index (χ3v) is 4.96. The first-order chi connectivity index (χ1) is 9.71. The summed E-state index contributed by atoms with van der Waals surface area (Å²) in [5, 5.41) is 3.57. The maximum absolute atomic E-state index is 5.63. The second kappa shape index (κ2) is 7.12. The SMILES string of the molecule is CCC1CCCCC1C(NC)c1ccc(C)cc1OC. The summed E-state index contributed by atoms with van der Waals surface area (Å²) in [7, 11) is 3.87. The Kier molecular flexibility index (Phi) is 5.47. The average Bonchev–Trinajstić information content (AvgIpc) is 2.49. The lowest BCUT2D eigenvalue weighted by atomic mass is 9.72. The summed E-state index contributed by atoms with van der Waals surface area (Å²) in [6.07, 6.45) is 6.77. The molecule has 0 amide bonds. The normalized spacial score (nSPS) is 24.4. The molecule has 2 heteroatoms. The summed E-state index contributed by atoms with van der Waals surface area (Å²) in [6.45, 7) is 4.46. The van der Waals surface area contributed by atoms with E-state index in [9.17, 15) is 0 Å². The molecule has 0 radical (unpaired) electrons. The molecule has 3 atom stereocenters. The van der Waals surface area contributed by atoms with Crippen LogP contribution in [0.3, 0.4) is 0 Å². The van der Waals surface area contributed by atoms with Gasteiger partial charge in [-0.2, -0.15) is 0 Å². The zero-order chi connectivity index (χ0) is 14.5. The first kappa shape index (κ1) is 15.4. The number of aryl methyl sites for hydroxylation is 1. The Morgan fingerprint density at radius 3 is 2.70 bits per heavy atom. The second-order valence-corrected chi connectivity index (χ2v) is 6.13. The van der Waals surface area contributed by atoms with Crippen LogP contribution in [0.2, 0.25) is 0 Å². The van der Waals surface area contributed by atoms with E-state index in [4.69, 9.17) is 4.74 Å². The van der Waals surface area contributed by atoms with Gasteiger partial charge in [-0.25, -0.2) is 0 Å². The molecular weight excluding hydrogens is 246 g/mol. The average molecular weight is 275 g/mol.